The molecule has 2 aromatic heterocycles. The monoisotopic (exact) mass is 525 g/mol. The van der Waals surface area contributed by atoms with Crippen molar-refractivity contribution >= 4 is 40.6 Å². The van der Waals surface area contributed by atoms with Crippen LogP contribution in [0.2, 0.25) is 5.02 Å². The van der Waals surface area contributed by atoms with Crippen molar-refractivity contribution < 1.29 is 4.79 Å². The molecular formula is C26H28ClN5OS2. The van der Waals surface area contributed by atoms with Crippen LogP contribution in [0, 0.1) is 6.92 Å². The van der Waals surface area contributed by atoms with E-state index in [2.05, 4.69) is 46.5 Å². The zero-order valence-corrected chi connectivity index (χ0v) is 22.2. The predicted octanol–water partition coefficient (Wildman–Crippen LogP) is 6.96. The lowest BCUT2D eigenvalue weighted by Gasteiger charge is -2.13. The quantitative estimate of drug-likeness (QED) is 0.169. The smallest absolute Gasteiger partial charge is 0.270 e. The van der Waals surface area contributed by atoms with E-state index in [9.17, 15) is 4.79 Å². The summed E-state index contributed by atoms with van der Waals surface area (Å²) in [6, 6.07) is 15.8. The average Bonchev–Trinajstić information content (AvgIpc) is 3.50. The number of nitrogens with one attached hydrogen (secondary N) is 1. The van der Waals surface area contributed by atoms with Gasteiger partial charge in [0.15, 0.2) is 11.0 Å². The van der Waals surface area contributed by atoms with Crippen molar-refractivity contribution in [3.05, 3.63) is 75.2 Å². The van der Waals surface area contributed by atoms with Crippen molar-refractivity contribution in [1.82, 2.24) is 25.1 Å². The molecular weight excluding hydrogens is 498 g/mol. The Balaban J connectivity index is 1.51. The summed E-state index contributed by atoms with van der Waals surface area (Å²) >= 11 is 9.52. The number of aromatic nitrogens is 4. The van der Waals surface area contributed by atoms with Gasteiger partial charge < -0.3 is 5.32 Å². The number of benzene rings is 2. The standard InChI is InChI=1S/C26H28ClN5OS2/c1-3-4-5-10-15-28-25(33)21-16-34-23(29-21)17-35-26-31-30-24(19-12-7-8-13-20(19)27)32(26)22-14-9-6-11-18(22)2/h6-9,11-14,16H,3-5,10,15,17H2,1-2H3,(H,28,33). The predicted molar refractivity (Wildman–Crippen MR) is 145 cm³/mol. The van der Waals surface area contributed by atoms with Crippen LogP contribution in [0.1, 0.15) is 53.7 Å². The molecule has 0 saturated carbocycles. The Morgan fingerprint density at radius 1 is 1.09 bits per heavy atom. The summed E-state index contributed by atoms with van der Waals surface area (Å²) in [5.74, 6) is 1.16. The summed E-state index contributed by atoms with van der Waals surface area (Å²) in [6.07, 6.45) is 4.50. The number of aryl methyl sites for hydroxylation is 1. The molecule has 4 rings (SSSR count). The summed E-state index contributed by atoms with van der Waals surface area (Å²) in [5, 5.41) is 16.0. The van der Waals surface area contributed by atoms with E-state index in [1.807, 2.05) is 46.3 Å². The van der Waals surface area contributed by atoms with Gasteiger partial charge in [-0.2, -0.15) is 0 Å². The molecule has 0 spiro atoms. The Bertz CT molecular complexity index is 1290. The topological polar surface area (TPSA) is 72.7 Å². The summed E-state index contributed by atoms with van der Waals surface area (Å²) in [6.45, 7) is 4.92. The van der Waals surface area contributed by atoms with E-state index >= 15 is 0 Å². The Labute approximate surface area is 219 Å². The maximum Gasteiger partial charge on any atom is 0.270 e. The number of hydrogen-bond donors (Lipinski definition) is 1. The third-order valence-corrected chi connectivity index (χ3v) is 7.83. The van der Waals surface area contributed by atoms with Crippen molar-refractivity contribution in [2.24, 2.45) is 0 Å². The highest BCUT2D eigenvalue weighted by atomic mass is 35.5. The van der Waals surface area contributed by atoms with Gasteiger partial charge in [-0.05, 0) is 37.1 Å². The number of unbranched alkanes of at least 4 members (excludes halogenated alkanes) is 3. The molecule has 0 unspecified atom stereocenters. The number of hydrogen-bond acceptors (Lipinski definition) is 6. The summed E-state index contributed by atoms with van der Waals surface area (Å²) in [5.41, 5.74) is 3.40. The van der Waals surface area contributed by atoms with Crippen molar-refractivity contribution in [3.8, 4) is 17.1 Å². The molecule has 0 bridgehead atoms. The molecule has 1 N–H and O–H groups in total. The Kier molecular flexibility index (Phi) is 8.95. The Hall–Kier alpha value is -2.68. The normalized spacial score (nSPS) is 11.1. The van der Waals surface area contributed by atoms with Crippen LogP contribution in [0.25, 0.3) is 17.1 Å². The average molecular weight is 526 g/mol. The molecule has 0 radical (unpaired) electrons. The molecule has 6 nitrogen and oxygen atoms in total. The van der Waals surface area contributed by atoms with Gasteiger partial charge >= 0.3 is 0 Å². The van der Waals surface area contributed by atoms with Crippen molar-refractivity contribution in [2.45, 2.75) is 50.4 Å². The number of nitrogens with zero attached hydrogens (tertiary/aromatic N) is 4. The molecule has 1 amide bonds. The van der Waals surface area contributed by atoms with Crippen LogP contribution in [0.4, 0.5) is 0 Å². The van der Waals surface area contributed by atoms with Gasteiger partial charge in [-0.15, -0.1) is 21.5 Å². The molecule has 4 aromatic rings. The zero-order chi connectivity index (χ0) is 24.6. The van der Waals surface area contributed by atoms with Crippen LogP contribution < -0.4 is 5.32 Å². The summed E-state index contributed by atoms with van der Waals surface area (Å²) < 4.78 is 2.04. The van der Waals surface area contributed by atoms with Crippen molar-refractivity contribution in [2.75, 3.05) is 6.54 Å². The van der Waals surface area contributed by atoms with Crippen LogP contribution in [0.5, 0.6) is 0 Å². The van der Waals surface area contributed by atoms with Crippen LogP contribution >= 0.6 is 34.7 Å². The highest BCUT2D eigenvalue weighted by Gasteiger charge is 2.20. The third-order valence-electron chi connectivity index (χ3n) is 5.53. The van der Waals surface area contributed by atoms with Gasteiger partial charge in [0.05, 0.1) is 16.5 Å². The molecule has 0 atom stereocenters. The SMILES string of the molecule is CCCCCCNC(=O)c1csc(CSc2nnc(-c3ccccc3Cl)n2-c2ccccc2C)n1. The van der Waals surface area contributed by atoms with Crippen molar-refractivity contribution in [1.29, 1.82) is 0 Å². The second-order valence-electron chi connectivity index (χ2n) is 8.14. The number of halogens is 1. The van der Waals surface area contributed by atoms with E-state index < -0.39 is 0 Å². The van der Waals surface area contributed by atoms with E-state index in [1.165, 1.54) is 35.9 Å². The van der Waals surface area contributed by atoms with E-state index in [0.717, 1.165) is 39.8 Å². The second-order valence-corrected chi connectivity index (χ2v) is 10.4. The van der Waals surface area contributed by atoms with Crippen molar-refractivity contribution in [3.63, 3.8) is 0 Å². The van der Waals surface area contributed by atoms with Crippen LogP contribution in [0.15, 0.2) is 59.1 Å². The maximum absolute atomic E-state index is 12.4. The largest absolute Gasteiger partial charge is 0.351 e. The number of para-hydroxylation sites is 1. The molecule has 0 fully saturated rings. The molecule has 2 heterocycles. The molecule has 0 saturated heterocycles. The zero-order valence-electron chi connectivity index (χ0n) is 19.8. The minimum Gasteiger partial charge on any atom is -0.351 e. The first-order chi connectivity index (χ1) is 17.1. The van der Waals surface area contributed by atoms with E-state index in [1.54, 1.807) is 0 Å². The fraction of sp³-hybridized carbons (Fsp3) is 0.308. The number of carbonyl (C=O) groups is 1. The number of rotatable bonds is 11. The van der Waals surface area contributed by atoms with Gasteiger partial charge in [0.2, 0.25) is 0 Å². The minimum absolute atomic E-state index is 0.113. The Morgan fingerprint density at radius 2 is 1.89 bits per heavy atom. The van der Waals surface area contributed by atoms with Crippen LogP contribution in [-0.2, 0) is 5.75 Å². The summed E-state index contributed by atoms with van der Waals surface area (Å²) in [4.78, 5) is 17.0. The molecule has 35 heavy (non-hydrogen) atoms. The first kappa shape index (κ1) is 25.4. The van der Waals surface area contributed by atoms with Gasteiger partial charge in [-0.1, -0.05) is 79.9 Å². The second kappa shape index (κ2) is 12.3. The third kappa shape index (κ3) is 6.31. The van der Waals surface area contributed by atoms with Gasteiger partial charge in [-0.3, -0.25) is 9.36 Å². The molecule has 0 aliphatic carbocycles. The first-order valence-corrected chi connectivity index (χ1v) is 13.9. The number of carbonyl (C=O) groups excluding carboxylic acids is 1. The highest BCUT2D eigenvalue weighted by Crippen LogP contribution is 2.34. The lowest BCUT2D eigenvalue weighted by Crippen LogP contribution is -2.24. The Morgan fingerprint density at radius 3 is 2.69 bits per heavy atom. The lowest BCUT2D eigenvalue weighted by atomic mass is 10.1. The fourth-order valence-electron chi connectivity index (χ4n) is 3.66. The van der Waals surface area contributed by atoms with Crippen LogP contribution in [-0.4, -0.2) is 32.2 Å². The molecule has 2 aromatic carbocycles. The minimum atomic E-state index is -0.113. The van der Waals surface area contributed by atoms with E-state index in [0.29, 0.717) is 28.8 Å². The van der Waals surface area contributed by atoms with Gasteiger partial charge in [0, 0.05) is 17.5 Å². The fourth-order valence-corrected chi connectivity index (χ4v) is 5.62. The van der Waals surface area contributed by atoms with E-state index in [-0.39, 0.29) is 5.91 Å². The van der Waals surface area contributed by atoms with E-state index in [4.69, 9.17) is 11.6 Å². The van der Waals surface area contributed by atoms with Gasteiger partial charge in [-0.25, -0.2) is 4.98 Å². The highest BCUT2D eigenvalue weighted by molar-refractivity contribution is 7.98. The molecule has 0 aliphatic rings. The molecule has 9 heteroatoms. The number of thioether (sulfide) groups is 1. The summed E-state index contributed by atoms with van der Waals surface area (Å²) in [7, 11) is 0. The van der Waals surface area contributed by atoms with Gasteiger partial charge in [0.1, 0.15) is 10.7 Å². The molecule has 0 aliphatic heterocycles. The first-order valence-electron chi connectivity index (χ1n) is 11.7. The maximum atomic E-state index is 12.4. The number of amides is 1. The van der Waals surface area contributed by atoms with Crippen LogP contribution in [0.3, 0.4) is 0 Å². The van der Waals surface area contributed by atoms with Gasteiger partial charge in [0.25, 0.3) is 5.91 Å². The number of thiazole rings is 1. The molecule has 182 valence electrons. The lowest BCUT2D eigenvalue weighted by molar-refractivity contribution is 0.0948.